The fourth-order valence-corrected chi connectivity index (χ4v) is 5.19. The van der Waals surface area contributed by atoms with Gasteiger partial charge in [-0.25, -0.2) is 14.4 Å². The van der Waals surface area contributed by atoms with E-state index >= 15 is 0 Å². The van der Waals surface area contributed by atoms with Crippen LogP contribution in [0.15, 0.2) is 24.5 Å². The molecule has 2 aromatic rings. The second-order valence-electron chi connectivity index (χ2n) is 9.70. The topological polar surface area (TPSA) is 76.6 Å². The average molecular weight is 475 g/mol. The third-order valence-corrected chi connectivity index (χ3v) is 6.77. The zero-order valence-corrected chi connectivity index (χ0v) is 20.5. The fourth-order valence-electron chi connectivity index (χ4n) is 4.26. The molecule has 7 nitrogen and oxygen atoms in total. The van der Waals surface area contributed by atoms with Crippen LogP contribution in [0.25, 0.3) is 0 Å². The lowest BCUT2D eigenvalue weighted by molar-refractivity contribution is -0.0738. The first-order chi connectivity index (χ1) is 15.6. The van der Waals surface area contributed by atoms with Gasteiger partial charge in [0.2, 0.25) is 5.88 Å². The zero-order chi connectivity index (χ0) is 23.8. The van der Waals surface area contributed by atoms with Gasteiger partial charge in [0, 0.05) is 17.6 Å². The van der Waals surface area contributed by atoms with Crippen LogP contribution in [0, 0.1) is 19.7 Å². The molecule has 178 valence electrons. The van der Waals surface area contributed by atoms with E-state index in [2.05, 4.69) is 15.3 Å². The van der Waals surface area contributed by atoms with Crippen molar-refractivity contribution in [3.05, 3.63) is 41.5 Å². The summed E-state index contributed by atoms with van der Waals surface area (Å²) in [6.45, 7) is 10.9. The van der Waals surface area contributed by atoms with E-state index in [0.717, 1.165) is 5.56 Å². The van der Waals surface area contributed by atoms with Crippen molar-refractivity contribution in [2.45, 2.75) is 70.4 Å². The largest absolute Gasteiger partial charge is 0.474 e. The van der Waals surface area contributed by atoms with Crippen LogP contribution in [0.1, 0.15) is 44.7 Å². The summed E-state index contributed by atoms with van der Waals surface area (Å²) in [6, 6.07) is 4.96. The SMILES string of the molecule is Cc1ccc(Nc2ncnc(OC3CC4COCC(C3)N4C(=O)SC(C)(C)C)c2C)c(F)c1. The number of nitrogens with zero attached hydrogens (tertiary/aromatic N) is 3. The third-order valence-electron chi connectivity index (χ3n) is 5.78. The number of carbonyl (C=O) groups is 1. The van der Waals surface area contributed by atoms with E-state index in [0.29, 0.717) is 49.0 Å². The van der Waals surface area contributed by atoms with Crippen molar-refractivity contribution in [2.75, 3.05) is 18.5 Å². The van der Waals surface area contributed by atoms with Crippen LogP contribution in [0.5, 0.6) is 5.88 Å². The molecule has 2 unspecified atom stereocenters. The Morgan fingerprint density at radius 3 is 2.55 bits per heavy atom. The molecule has 9 heteroatoms. The number of anilines is 2. The highest BCUT2D eigenvalue weighted by molar-refractivity contribution is 8.14. The smallest absolute Gasteiger partial charge is 0.282 e. The number of carbonyl (C=O) groups excluding carboxylic acids is 1. The Kier molecular flexibility index (Phi) is 6.81. The number of halogens is 1. The predicted octanol–water partition coefficient (Wildman–Crippen LogP) is 5.24. The number of morpholine rings is 1. The van der Waals surface area contributed by atoms with Crippen molar-refractivity contribution in [1.82, 2.24) is 14.9 Å². The van der Waals surface area contributed by atoms with Gasteiger partial charge in [0.05, 0.1) is 36.5 Å². The number of aryl methyl sites for hydroxylation is 1. The van der Waals surface area contributed by atoms with Gasteiger partial charge < -0.3 is 19.7 Å². The normalized spacial score (nSPS) is 22.7. The summed E-state index contributed by atoms with van der Waals surface area (Å²) < 4.78 is 26.2. The summed E-state index contributed by atoms with van der Waals surface area (Å²) in [5, 5.41) is 3.15. The molecular weight excluding hydrogens is 443 g/mol. The molecule has 2 aliphatic rings. The minimum Gasteiger partial charge on any atom is -0.474 e. The van der Waals surface area contributed by atoms with Gasteiger partial charge in [0.1, 0.15) is 24.1 Å². The number of nitrogens with one attached hydrogen (secondary N) is 1. The van der Waals surface area contributed by atoms with Crippen molar-refractivity contribution in [1.29, 1.82) is 0 Å². The Morgan fingerprint density at radius 1 is 1.21 bits per heavy atom. The highest BCUT2D eigenvalue weighted by Crippen LogP contribution is 2.36. The lowest BCUT2D eigenvalue weighted by Crippen LogP contribution is -2.60. The van der Waals surface area contributed by atoms with Crippen LogP contribution in [-0.4, -0.2) is 56.3 Å². The quantitative estimate of drug-likeness (QED) is 0.649. The van der Waals surface area contributed by atoms with E-state index in [4.69, 9.17) is 9.47 Å². The van der Waals surface area contributed by atoms with Gasteiger partial charge in [-0.15, -0.1) is 0 Å². The molecule has 0 saturated carbocycles. The Morgan fingerprint density at radius 2 is 1.91 bits per heavy atom. The average Bonchev–Trinajstić information content (AvgIpc) is 2.71. The monoisotopic (exact) mass is 474 g/mol. The van der Waals surface area contributed by atoms with Gasteiger partial charge >= 0.3 is 0 Å². The lowest BCUT2D eigenvalue weighted by Gasteiger charge is -2.48. The fraction of sp³-hybridized carbons (Fsp3) is 0.542. The van der Waals surface area contributed by atoms with Crippen LogP contribution in [0.4, 0.5) is 20.7 Å². The molecule has 0 aliphatic carbocycles. The van der Waals surface area contributed by atoms with Gasteiger partial charge in [0.15, 0.2) is 0 Å². The standard InChI is InChI=1S/C24H31FN4O3S/c1-14-6-7-20(19(25)8-14)28-21-15(2)22(27-13-26-21)32-18-9-16-11-31-12-17(10-18)29(16)23(30)33-24(3,4)5/h6-8,13,16-18H,9-12H2,1-5H3,(H,26,27,28). The Labute approximate surface area is 198 Å². The molecule has 2 aliphatic heterocycles. The molecule has 2 bridgehead atoms. The molecule has 1 N–H and O–H groups in total. The van der Waals surface area contributed by atoms with Crippen LogP contribution >= 0.6 is 11.8 Å². The summed E-state index contributed by atoms with van der Waals surface area (Å²) in [6.07, 6.45) is 2.67. The van der Waals surface area contributed by atoms with E-state index in [1.807, 2.05) is 45.6 Å². The molecule has 1 aromatic carbocycles. The van der Waals surface area contributed by atoms with Crippen LogP contribution in [0.3, 0.4) is 0 Å². The molecule has 0 radical (unpaired) electrons. The second-order valence-corrected chi connectivity index (χ2v) is 11.5. The molecule has 2 atom stereocenters. The van der Waals surface area contributed by atoms with Gasteiger partial charge in [-0.1, -0.05) is 38.6 Å². The minimum absolute atomic E-state index is 0.0220. The first-order valence-corrected chi connectivity index (χ1v) is 12.0. The minimum atomic E-state index is -0.339. The van der Waals surface area contributed by atoms with E-state index in [-0.39, 0.29) is 34.0 Å². The number of amides is 1. The Balaban J connectivity index is 1.47. The van der Waals surface area contributed by atoms with Crippen LogP contribution in [-0.2, 0) is 4.74 Å². The third kappa shape index (κ3) is 5.58. The van der Waals surface area contributed by atoms with Crippen molar-refractivity contribution in [2.24, 2.45) is 0 Å². The summed E-state index contributed by atoms with van der Waals surface area (Å²) in [4.78, 5) is 23.5. The van der Waals surface area contributed by atoms with E-state index in [9.17, 15) is 9.18 Å². The number of rotatable bonds is 4. The number of thioether (sulfide) groups is 1. The Hall–Kier alpha value is -2.39. The van der Waals surface area contributed by atoms with Crippen molar-refractivity contribution in [3.8, 4) is 5.88 Å². The molecule has 2 saturated heterocycles. The highest BCUT2D eigenvalue weighted by Gasteiger charge is 2.43. The van der Waals surface area contributed by atoms with Crippen LogP contribution in [0.2, 0.25) is 0 Å². The lowest BCUT2D eigenvalue weighted by atomic mass is 9.92. The van der Waals surface area contributed by atoms with Crippen molar-refractivity contribution < 1.29 is 18.7 Å². The maximum absolute atomic E-state index is 14.3. The maximum Gasteiger partial charge on any atom is 0.282 e. The Bertz CT molecular complexity index is 1020. The van der Waals surface area contributed by atoms with E-state index in [1.54, 1.807) is 6.07 Å². The van der Waals surface area contributed by atoms with E-state index < -0.39 is 0 Å². The summed E-state index contributed by atoms with van der Waals surface area (Å²) in [7, 11) is 0. The predicted molar refractivity (Wildman–Crippen MR) is 128 cm³/mol. The summed E-state index contributed by atoms with van der Waals surface area (Å²) >= 11 is 1.36. The molecule has 1 aromatic heterocycles. The number of fused-ring (bicyclic) bond motifs is 2. The number of hydrogen-bond acceptors (Lipinski definition) is 7. The van der Waals surface area contributed by atoms with Crippen LogP contribution < -0.4 is 10.1 Å². The summed E-state index contributed by atoms with van der Waals surface area (Å²) in [5.74, 6) is 0.627. The number of hydrogen-bond donors (Lipinski definition) is 1. The van der Waals surface area contributed by atoms with Crippen molar-refractivity contribution in [3.63, 3.8) is 0 Å². The van der Waals surface area contributed by atoms with Gasteiger partial charge in [0.25, 0.3) is 5.24 Å². The zero-order valence-electron chi connectivity index (χ0n) is 19.7. The summed E-state index contributed by atoms with van der Waals surface area (Å²) in [5.41, 5.74) is 1.91. The molecule has 33 heavy (non-hydrogen) atoms. The number of benzene rings is 1. The maximum atomic E-state index is 14.3. The van der Waals surface area contributed by atoms with E-state index in [1.165, 1.54) is 24.2 Å². The molecule has 4 rings (SSSR count). The number of aromatic nitrogens is 2. The van der Waals surface area contributed by atoms with Gasteiger partial charge in [-0.2, -0.15) is 0 Å². The molecule has 3 heterocycles. The molecule has 0 spiro atoms. The van der Waals surface area contributed by atoms with Crippen molar-refractivity contribution >= 4 is 28.5 Å². The first kappa shape index (κ1) is 23.8. The molecule has 1 amide bonds. The van der Waals surface area contributed by atoms with Gasteiger partial charge in [-0.3, -0.25) is 4.79 Å². The first-order valence-electron chi connectivity index (χ1n) is 11.2. The molecular formula is C24H31FN4O3S. The van der Waals surface area contributed by atoms with Gasteiger partial charge in [-0.05, 0) is 31.5 Å². The number of piperidine rings is 1. The highest BCUT2D eigenvalue weighted by atomic mass is 32.2. The molecule has 2 fully saturated rings. The second kappa shape index (κ2) is 9.46. The number of ether oxygens (including phenoxy) is 2.